The predicted octanol–water partition coefficient (Wildman–Crippen LogP) is 3.91. The van der Waals surface area contributed by atoms with Crippen molar-refractivity contribution in [2.75, 3.05) is 0 Å². The first-order valence-electron chi connectivity index (χ1n) is 8.39. The fourth-order valence-electron chi connectivity index (χ4n) is 2.98. The number of Topliss-reactive ketones (excluding diaryl/α,β-unsaturated/α-hetero) is 1. The second-order valence-corrected chi connectivity index (χ2v) is 6.55. The molecule has 0 aliphatic rings. The smallest absolute Gasteiger partial charge is 0.206 e. The summed E-state index contributed by atoms with van der Waals surface area (Å²) in [7, 11) is 0. The van der Waals surface area contributed by atoms with Gasteiger partial charge in [-0.3, -0.25) is 4.79 Å². The SMILES string of the molecule is O=C(Cn1n[n+](Cc2ccccc2)c2ccccc21)c1ccc(Cl)cc1. The first-order chi connectivity index (χ1) is 12.7. The molecule has 0 N–H and O–H groups in total. The lowest BCUT2D eigenvalue weighted by Crippen LogP contribution is -2.38. The van der Waals surface area contributed by atoms with Gasteiger partial charge in [0.15, 0.2) is 17.6 Å². The third-order valence-corrected chi connectivity index (χ3v) is 4.54. The van der Waals surface area contributed by atoms with Crippen LogP contribution >= 0.6 is 11.6 Å². The van der Waals surface area contributed by atoms with Gasteiger partial charge in [-0.1, -0.05) is 54.1 Å². The molecule has 4 rings (SSSR count). The minimum absolute atomic E-state index is 0.00165. The van der Waals surface area contributed by atoms with Crippen LogP contribution in [-0.4, -0.2) is 15.7 Å². The predicted molar refractivity (Wildman–Crippen MR) is 101 cm³/mol. The molecule has 0 spiro atoms. The number of hydrogen-bond donors (Lipinski definition) is 0. The van der Waals surface area contributed by atoms with Crippen molar-refractivity contribution in [2.24, 2.45) is 0 Å². The first kappa shape index (κ1) is 16.5. The Morgan fingerprint density at radius 1 is 0.923 bits per heavy atom. The van der Waals surface area contributed by atoms with Gasteiger partial charge in [0, 0.05) is 10.6 Å². The van der Waals surface area contributed by atoms with Crippen LogP contribution in [0.4, 0.5) is 0 Å². The van der Waals surface area contributed by atoms with Crippen molar-refractivity contribution in [3.8, 4) is 0 Å². The molecule has 4 aromatic rings. The molecule has 0 saturated heterocycles. The van der Waals surface area contributed by atoms with Crippen LogP contribution in [0.3, 0.4) is 0 Å². The number of benzene rings is 3. The van der Waals surface area contributed by atoms with E-state index < -0.39 is 0 Å². The van der Waals surface area contributed by atoms with Crippen LogP contribution in [0.1, 0.15) is 15.9 Å². The van der Waals surface area contributed by atoms with Crippen molar-refractivity contribution < 1.29 is 9.48 Å². The van der Waals surface area contributed by atoms with E-state index >= 15 is 0 Å². The molecule has 0 amide bonds. The summed E-state index contributed by atoms with van der Waals surface area (Å²) in [5, 5.41) is 5.27. The monoisotopic (exact) mass is 362 g/mol. The summed E-state index contributed by atoms with van der Waals surface area (Å²) in [6, 6.07) is 25.1. The Hall–Kier alpha value is -2.98. The summed E-state index contributed by atoms with van der Waals surface area (Å²) in [5.41, 5.74) is 3.73. The van der Waals surface area contributed by atoms with Crippen molar-refractivity contribution in [1.82, 2.24) is 9.90 Å². The molecule has 0 fully saturated rings. The van der Waals surface area contributed by atoms with Gasteiger partial charge in [-0.15, -0.1) is 9.36 Å². The molecule has 1 aromatic heterocycles. The zero-order chi connectivity index (χ0) is 17.9. The third kappa shape index (κ3) is 3.37. The van der Waals surface area contributed by atoms with E-state index in [1.165, 1.54) is 0 Å². The van der Waals surface area contributed by atoms with E-state index in [1.54, 1.807) is 28.9 Å². The normalized spacial score (nSPS) is 11.0. The number of halogens is 1. The Morgan fingerprint density at radius 2 is 1.62 bits per heavy atom. The Kier molecular flexibility index (Phi) is 4.50. The quantitative estimate of drug-likeness (QED) is 0.399. The largest absolute Gasteiger partial charge is 0.290 e. The van der Waals surface area contributed by atoms with Crippen molar-refractivity contribution in [2.45, 2.75) is 13.1 Å². The summed E-state index contributed by atoms with van der Waals surface area (Å²) < 4.78 is 3.69. The molecule has 26 heavy (non-hydrogen) atoms. The highest BCUT2D eigenvalue weighted by Gasteiger charge is 2.20. The molecule has 3 aromatic carbocycles. The van der Waals surface area contributed by atoms with E-state index in [-0.39, 0.29) is 12.3 Å². The zero-order valence-corrected chi connectivity index (χ0v) is 14.8. The van der Waals surface area contributed by atoms with Crippen LogP contribution < -0.4 is 4.68 Å². The lowest BCUT2D eigenvalue weighted by Gasteiger charge is -1.98. The number of para-hydroxylation sites is 2. The number of rotatable bonds is 5. The van der Waals surface area contributed by atoms with Crippen LogP contribution in [0, 0.1) is 0 Å². The van der Waals surface area contributed by atoms with Crippen LogP contribution in [-0.2, 0) is 13.1 Å². The Balaban J connectivity index is 1.67. The molecule has 0 unspecified atom stereocenters. The number of nitrogens with zero attached hydrogens (tertiary/aromatic N) is 3. The summed E-state index contributed by atoms with van der Waals surface area (Å²) in [4.78, 5) is 12.6. The molecule has 0 aliphatic heterocycles. The van der Waals surface area contributed by atoms with Gasteiger partial charge >= 0.3 is 0 Å². The van der Waals surface area contributed by atoms with E-state index in [2.05, 4.69) is 17.3 Å². The fourth-order valence-corrected chi connectivity index (χ4v) is 3.11. The number of carbonyl (C=O) groups excluding carboxylic acids is 1. The van der Waals surface area contributed by atoms with E-state index in [1.807, 2.05) is 47.1 Å². The molecule has 0 bridgehead atoms. The van der Waals surface area contributed by atoms with Crippen LogP contribution in [0.5, 0.6) is 0 Å². The summed E-state index contributed by atoms with van der Waals surface area (Å²) in [6.07, 6.45) is 0. The third-order valence-electron chi connectivity index (χ3n) is 4.29. The fraction of sp³-hybridized carbons (Fsp3) is 0.0952. The molecule has 4 nitrogen and oxygen atoms in total. The van der Waals surface area contributed by atoms with Crippen molar-refractivity contribution >= 4 is 28.4 Å². The molecular formula is C21H17ClN3O+. The molecule has 128 valence electrons. The minimum atomic E-state index is 0.00165. The van der Waals surface area contributed by atoms with Gasteiger partial charge in [0.25, 0.3) is 0 Å². The number of aromatic nitrogens is 3. The maximum absolute atomic E-state index is 12.6. The van der Waals surface area contributed by atoms with Crippen molar-refractivity contribution in [3.63, 3.8) is 0 Å². The molecule has 0 radical (unpaired) electrons. The van der Waals surface area contributed by atoms with Crippen LogP contribution in [0.2, 0.25) is 5.02 Å². The molecule has 1 heterocycles. The topological polar surface area (TPSA) is 38.8 Å². The summed E-state index contributed by atoms with van der Waals surface area (Å²) in [6.45, 7) is 0.841. The van der Waals surface area contributed by atoms with E-state index in [0.717, 1.165) is 16.6 Å². The molecule has 0 aliphatic carbocycles. The van der Waals surface area contributed by atoms with Gasteiger partial charge in [0.1, 0.15) is 6.54 Å². The van der Waals surface area contributed by atoms with Crippen molar-refractivity contribution in [1.29, 1.82) is 0 Å². The maximum Gasteiger partial charge on any atom is 0.206 e. The van der Waals surface area contributed by atoms with Crippen molar-refractivity contribution in [3.05, 3.63) is 95.0 Å². The number of carbonyl (C=O) groups is 1. The van der Waals surface area contributed by atoms with Gasteiger partial charge in [-0.05, 0) is 42.0 Å². The molecular weight excluding hydrogens is 346 g/mol. The number of ketones is 1. The summed E-state index contributed by atoms with van der Waals surface area (Å²) in [5.74, 6) is 0.00165. The van der Waals surface area contributed by atoms with E-state index in [4.69, 9.17) is 11.6 Å². The van der Waals surface area contributed by atoms with Gasteiger partial charge in [-0.2, -0.15) is 0 Å². The zero-order valence-electron chi connectivity index (χ0n) is 14.0. The lowest BCUT2D eigenvalue weighted by molar-refractivity contribution is -0.724. The van der Waals surface area contributed by atoms with Crippen LogP contribution in [0.15, 0.2) is 78.9 Å². The Labute approximate surface area is 156 Å². The summed E-state index contributed by atoms with van der Waals surface area (Å²) >= 11 is 5.90. The van der Waals surface area contributed by atoms with Crippen LogP contribution in [0.25, 0.3) is 11.0 Å². The molecule has 5 heteroatoms. The molecule has 0 saturated carbocycles. The Bertz CT molecular complexity index is 1060. The standard InChI is InChI=1S/C21H17ClN3O/c22-18-12-10-17(11-13-18)21(26)15-25-20-9-5-4-8-19(20)24(23-25)14-16-6-2-1-3-7-16/h1-13H,14-15H2/q+1. The second-order valence-electron chi connectivity index (χ2n) is 6.11. The van der Waals surface area contributed by atoms with Gasteiger partial charge < -0.3 is 0 Å². The number of fused-ring (bicyclic) bond motifs is 1. The number of hydrogen-bond acceptors (Lipinski definition) is 2. The average Bonchev–Trinajstić information content (AvgIpc) is 3.01. The van der Waals surface area contributed by atoms with E-state index in [0.29, 0.717) is 17.1 Å². The lowest BCUT2D eigenvalue weighted by atomic mass is 10.1. The Morgan fingerprint density at radius 3 is 2.38 bits per heavy atom. The first-order valence-corrected chi connectivity index (χ1v) is 8.77. The van der Waals surface area contributed by atoms with Gasteiger partial charge in [0.05, 0.1) is 5.21 Å². The van der Waals surface area contributed by atoms with E-state index in [9.17, 15) is 4.79 Å². The molecule has 0 atom stereocenters. The highest BCUT2D eigenvalue weighted by atomic mass is 35.5. The highest BCUT2D eigenvalue weighted by molar-refractivity contribution is 6.30. The van der Waals surface area contributed by atoms with Gasteiger partial charge in [0.2, 0.25) is 5.78 Å². The average molecular weight is 363 g/mol. The highest BCUT2D eigenvalue weighted by Crippen LogP contribution is 2.13. The maximum atomic E-state index is 12.6. The van der Waals surface area contributed by atoms with Gasteiger partial charge in [-0.25, -0.2) is 0 Å². The second kappa shape index (κ2) is 7.10. The minimum Gasteiger partial charge on any atom is -0.290 e.